The Morgan fingerprint density at radius 2 is 1.30 bits per heavy atom. The molecule has 40 heavy (non-hydrogen) atoms. The van der Waals surface area contributed by atoms with Crippen molar-refractivity contribution in [2.75, 3.05) is 13.2 Å². The fourth-order valence-corrected chi connectivity index (χ4v) is 4.40. The number of aliphatic hydroxyl groups is 2. The predicted octanol–water partition coefficient (Wildman–Crippen LogP) is 5.89. The molecule has 4 N–H and O–H groups in total. The summed E-state index contributed by atoms with van der Waals surface area (Å²) in [5, 5.41) is 20.2. The lowest BCUT2D eigenvalue weighted by atomic mass is 10.0. The van der Waals surface area contributed by atoms with Gasteiger partial charge in [0.2, 0.25) is 0 Å². The third-order valence-corrected chi connectivity index (χ3v) is 6.97. The number of aliphatic hydroxyl groups excluding tert-OH is 2. The van der Waals surface area contributed by atoms with E-state index in [4.69, 9.17) is 19.3 Å². The van der Waals surface area contributed by atoms with Crippen LogP contribution in [0.25, 0.3) is 0 Å². The molecule has 0 radical (unpaired) electrons. The van der Waals surface area contributed by atoms with Gasteiger partial charge >= 0.3 is 19.8 Å². The number of hydrogen-bond donors (Lipinski definition) is 4. The molecule has 0 aromatic heterocycles. The molecule has 0 saturated heterocycles. The summed E-state index contributed by atoms with van der Waals surface area (Å²) in [5.74, 6) is -1.01. The van der Waals surface area contributed by atoms with Gasteiger partial charge in [-0.1, -0.05) is 90.2 Å². The SMILES string of the molecule is CCCCC/C=C\C[C@@H](O)[C@H](O)CCCCCCCC(=O)OC[C@H](COP(=O)(O)O)OC(=O)CCCCCCC. The molecule has 0 aliphatic heterocycles. The molecule has 11 heteroatoms. The quantitative estimate of drug-likeness (QED) is 0.0391. The first-order chi connectivity index (χ1) is 19.1. The number of allylic oxidation sites excluding steroid dienone is 1. The van der Waals surface area contributed by atoms with Gasteiger partial charge in [-0.25, -0.2) is 4.57 Å². The van der Waals surface area contributed by atoms with Crippen molar-refractivity contribution in [3.05, 3.63) is 12.2 Å². The van der Waals surface area contributed by atoms with Crippen molar-refractivity contribution in [1.82, 2.24) is 0 Å². The van der Waals surface area contributed by atoms with Gasteiger partial charge in [-0.2, -0.15) is 0 Å². The average Bonchev–Trinajstić information content (AvgIpc) is 2.90. The van der Waals surface area contributed by atoms with Crippen LogP contribution in [0, 0.1) is 0 Å². The summed E-state index contributed by atoms with van der Waals surface area (Å²) in [4.78, 5) is 42.1. The van der Waals surface area contributed by atoms with Crippen molar-refractivity contribution in [2.45, 2.75) is 148 Å². The number of rotatable bonds is 27. The minimum absolute atomic E-state index is 0.170. The van der Waals surface area contributed by atoms with E-state index in [0.717, 1.165) is 64.2 Å². The van der Waals surface area contributed by atoms with Crippen molar-refractivity contribution in [3.8, 4) is 0 Å². The molecule has 0 aliphatic rings. The van der Waals surface area contributed by atoms with Crippen LogP contribution in [0.5, 0.6) is 0 Å². The maximum absolute atomic E-state index is 12.1. The van der Waals surface area contributed by atoms with Gasteiger partial charge in [0.1, 0.15) is 6.61 Å². The zero-order valence-electron chi connectivity index (χ0n) is 24.7. The topological polar surface area (TPSA) is 160 Å². The standard InChI is InChI=1S/C29H55O10P/c1-3-5-7-9-12-15-19-26(30)27(31)20-16-13-10-14-17-21-28(32)37-23-25(24-38-40(34,35)36)39-29(33)22-18-11-8-6-4-2/h12,15,25-27,30-31H,3-11,13-14,16-24H2,1-2H3,(H2,34,35,36)/b15-12-/t25-,26-,27-/m1/s1. The van der Waals surface area contributed by atoms with Gasteiger partial charge in [0, 0.05) is 12.8 Å². The zero-order valence-corrected chi connectivity index (χ0v) is 25.6. The van der Waals surface area contributed by atoms with Crippen LogP contribution >= 0.6 is 7.82 Å². The van der Waals surface area contributed by atoms with Crippen molar-refractivity contribution >= 4 is 19.8 Å². The van der Waals surface area contributed by atoms with Gasteiger partial charge in [0.05, 0.1) is 18.8 Å². The Morgan fingerprint density at radius 1 is 0.725 bits per heavy atom. The number of unbranched alkanes of at least 4 members (excludes halogenated alkanes) is 11. The molecule has 0 heterocycles. The highest BCUT2D eigenvalue weighted by molar-refractivity contribution is 7.46. The van der Waals surface area contributed by atoms with E-state index in [2.05, 4.69) is 24.4 Å². The molecule has 10 nitrogen and oxygen atoms in total. The molecule has 0 unspecified atom stereocenters. The van der Waals surface area contributed by atoms with Crippen LogP contribution in [0.1, 0.15) is 129 Å². The lowest BCUT2D eigenvalue weighted by molar-refractivity contribution is -0.161. The summed E-state index contributed by atoms with van der Waals surface area (Å²) in [6.45, 7) is 3.34. The van der Waals surface area contributed by atoms with E-state index in [1.54, 1.807) is 0 Å². The molecule has 0 aromatic rings. The first-order valence-corrected chi connectivity index (χ1v) is 16.7. The maximum atomic E-state index is 12.1. The lowest BCUT2D eigenvalue weighted by Gasteiger charge is -2.18. The molecule has 0 bridgehead atoms. The van der Waals surface area contributed by atoms with E-state index in [0.29, 0.717) is 25.7 Å². The summed E-state index contributed by atoms with van der Waals surface area (Å²) in [6, 6.07) is 0. The van der Waals surface area contributed by atoms with Gasteiger partial charge in [-0.3, -0.25) is 14.1 Å². The van der Waals surface area contributed by atoms with Gasteiger partial charge < -0.3 is 29.5 Å². The minimum atomic E-state index is -4.76. The van der Waals surface area contributed by atoms with Crippen LogP contribution in [-0.2, 0) is 28.2 Å². The zero-order chi connectivity index (χ0) is 30.1. The van der Waals surface area contributed by atoms with Gasteiger partial charge in [0.25, 0.3) is 0 Å². The summed E-state index contributed by atoms with van der Waals surface area (Å²) < 4.78 is 25.9. The van der Waals surface area contributed by atoms with Crippen LogP contribution in [0.3, 0.4) is 0 Å². The van der Waals surface area contributed by atoms with Crippen molar-refractivity contribution in [3.63, 3.8) is 0 Å². The third-order valence-electron chi connectivity index (χ3n) is 6.48. The molecule has 0 spiro atoms. The highest BCUT2D eigenvalue weighted by Crippen LogP contribution is 2.35. The summed E-state index contributed by atoms with van der Waals surface area (Å²) in [7, 11) is -4.76. The Labute approximate surface area is 241 Å². The van der Waals surface area contributed by atoms with E-state index in [-0.39, 0.29) is 19.4 Å². The van der Waals surface area contributed by atoms with Crippen LogP contribution in [0.4, 0.5) is 0 Å². The Bertz CT molecular complexity index is 709. The number of carbonyl (C=O) groups excluding carboxylic acids is 2. The Hall–Kier alpha value is -1.29. The second kappa shape index (κ2) is 25.4. The number of hydrogen-bond acceptors (Lipinski definition) is 8. The third kappa shape index (κ3) is 25.7. The Morgan fingerprint density at radius 3 is 1.95 bits per heavy atom. The second-order valence-electron chi connectivity index (χ2n) is 10.4. The number of phosphoric ester groups is 1. The van der Waals surface area contributed by atoms with E-state index < -0.39 is 44.7 Å². The Kier molecular flexibility index (Phi) is 24.6. The Balaban J connectivity index is 4.10. The second-order valence-corrected chi connectivity index (χ2v) is 11.6. The van der Waals surface area contributed by atoms with Crippen molar-refractivity contribution in [1.29, 1.82) is 0 Å². The van der Waals surface area contributed by atoms with E-state index in [9.17, 15) is 24.4 Å². The summed E-state index contributed by atoms with van der Waals surface area (Å²) in [6.07, 6.45) is 16.0. The van der Waals surface area contributed by atoms with Crippen molar-refractivity contribution in [2.24, 2.45) is 0 Å². The molecule has 0 rings (SSSR count). The molecule has 3 atom stereocenters. The average molecular weight is 595 g/mol. The normalized spacial score (nSPS) is 14.2. The van der Waals surface area contributed by atoms with Gasteiger partial charge in [-0.05, 0) is 38.5 Å². The molecule has 0 amide bonds. The van der Waals surface area contributed by atoms with E-state index >= 15 is 0 Å². The molecule has 236 valence electrons. The smallest absolute Gasteiger partial charge is 0.462 e. The highest BCUT2D eigenvalue weighted by atomic mass is 31.2. The van der Waals surface area contributed by atoms with Crippen molar-refractivity contribution < 1.29 is 48.2 Å². The summed E-state index contributed by atoms with van der Waals surface area (Å²) in [5.41, 5.74) is 0. The number of ether oxygens (including phenoxy) is 2. The van der Waals surface area contributed by atoms with E-state index in [1.807, 2.05) is 6.08 Å². The number of phosphoric acid groups is 1. The molecular formula is C29H55O10P. The maximum Gasteiger partial charge on any atom is 0.469 e. The van der Waals surface area contributed by atoms with E-state index in [1.165, 1.54) is 12.8 Å². The number of esters is 2. The molecule has 0 aliphatic carbocycles. The molecule has 0 aromatic carbocycles. The lowest BCUT2D eigenvalue weighted by Crippen LogP contribution is -2.29. The highest BCUT2D eigenvalue weighted by Gasteiger charge is 2.23. The first-order valence-electron chi connectivity index (χ1n) is 15.1. The van der Waals surface area contributed by atoms with Crippen LogP contribution in [0.2, 0.25) is 0 Å². The fraction of sp³-hybridized carbons (Fsp3) is 0.862. The largest absolute Gasteiger partial charge is 0.469 e. The monoisotopic (exact) mass is 594 g/mol. The number of carbonyl (C=O) groups is 2. The van der Waals surface area contributed by atoms with Gasteiger partial charge in [0.15, 0.2) is 6.10 Å². The predicted molar refractivity (Wildman–Crippen MR) is 154 cm³/mol. The molecule has 0 saturated carbocycles. The van der Waals surface area contributed by atoms with Crippen LogP contribution < -0.4 is 0 Å². The van der Waals surface area contributed by atoms with Crippen LogP contribution in [0.15, 0.2) is 12.2 Å². The summed E-state index contributed by atoms with van der Waals surface area (Å²) >= 11 is 0. The first kappa shape index (κ1) is 38.7. The minimum Gasteiger partial charge on any atom is -0.462 e. The van der Waals surface area contributed by atoms with Crippen LogP contribution in [-0.4, -0.2) is 63.5 Å². The molecular weight excluding hydrogens is 539 g/mol. The molecule has 0 fully saturated rings. The fourth-order valence-electron chi connectivity index (χ4n) is 4.04. The van der Waals surface area contributed by atoms with Gasteiger partial charge in [-0.15, -0.1) is 0 Å².